The van der Waals surface area contributed by atoms with Gasteiger partial charge in [-0.2, -0.15) is 4.89 Å². The van der Waals surface area contributed by atoms with Crippen LogP contribution in [0.1, 0.15) is 73.6 Å². The van der Waals surface area contributed by atoms with Gasteiger partial charge in [-0.1, -0.05) is 47.5 Å². The molecule has 0 N–H and O–H groups in total. The molecule has 4 nitrogen and oxygen atoms in total. The molecule has 0 aromatic rings. The Morgan fingerprint density at radius 3 is 2.35 bits per heavy atom. The average Bonchev–Trinajstić information content (AvgIpc) is 2.26. The molecule has 0 aliphatic carbocycles. The number of esters is 1. The highest BCUT2D eigenvalue weighted by Gasteiger charge is 2.21. The molecule has 0 fully saturated rings. The van der Waals surface area contributed by atoms with Gasteiger partial charge in [0.05, 0.1) is 6.61 Å². The average molecular weight is 288 g/mol. The molecule has 0 spiro atoms. The first-order valence-corrected chi connectivity index (χ1v) is 7.74. The summed E-state index contributed by atoms with van der Waals surface area (Å²) in [7, 11) is 0. The van der Waals surface area contributed by atoms with Crippen molar-refractivity contribution in [3.8, 4) is 0 Å². The summed E-state index contributed by atoms with van der Waals surface area (Å²) in [5.74, 6) is 0.387. The molecule has 0 aliphatic heterocycles. The lowest BCUT2D eigenvalue weighted by molar-refractivity contribution is -0.374. The van der Waals surface area contributed by atoms with E-state index in [0.29, 0.717) is 18.9 Å². The van der Waals surface area contributed by atoms with Crippen molar-refractivity contribution in [1.82, 2.24) is 0 Å². The molecule has 0 heterocycles. The maximum absolute atomic E-state index is 11.5. The molecule has 0 amide bonds. The van der Waals surface area contributed by atoms with Crippen LogP contribution in [-0.4, -0.2) is 18.9 Å². The Morgan fingerprint density at radius 1 is 1.15 bits per heavy atom. The topological polar surface area (TPSA) is 44.8 Å². The summed E-state index contributed by atoms with van der Waals surface area (Å²) in [4.78, 5) is 21.8. The zero-order valence-electron chi connectivity index (χ0n) is 14.0. The van der Waals surface area contributed by atoms with Crippen LogP contribution in [0.25, 0.3) is 0 Å². The lowest BCUT2D eigenvalue weighted by Gasteiger charge is -2.26. The van der Waals surface area contributed by atoms with Gasteiger partial charge in [-0.25, -0.2) is 4.89 Å². The highest BCUT2D eigenvalue weighted by atomic mass is 17.2. The summed E-state index contributed by atoms with van der Waals surface area (Å²) in [5.41, 5.74) is 0.0546. The van der Waals surface area contributed by atoms with Crippen LogP contribution in [0.3, 0.4) is 0 Å². The van der Waals surface area contributed by atoms with Crippen LogP contribution >= 0.6 is 0 Å². The van der Waals surface area contributed by atoms with Gasteiger partial charge >= 0.3 is 5.97 Å². The van der Waals surface area contributed by atoms with Crippen molar-refractivity contribution in [2.75, 3.05) is 6.61 Å². The van der Waals surface area contributed by atoms with E-state index in [9.17, 15) is 4.79 Å². The normalized spacial score (nSPS) is 13.6. The van der Waals surface area contributed by atoms with E-state index in [1.54, 1.807) is 6.92 Å². The fourth-order valence-electron chi connectivity index (χ4n) is 2.24. The summed E-state index contributed by atoms with van der Waals surface area (Å²) in [6.45, 7) is 12.9. The standard InChI is InChI=1S/C16H32O4/c1-7-8-9-10-15(17)19-14(4)20-18-12-16(5,6)11-13(2)3/h13-14H,7-12H2,1-6H3. The molecule has 0 rings (SSSR count). The molecule has 0 aliphatic rings. The molecule has 0 radical (unpaired) electrons. The first-order chi connectivity index (χ1) is 9.26. The monoisotopic (exact) mass is 288 g/mol. The molecule has 1 unspecified atom stereocenters. The van der Waals surface area contributed by atoms with Crippen LogP contribution in [0.15, 0.2) is 0 Å². The SMILES string of the molecule is CCCCCC(=O)OC(C)OOCC(C)(C)CC(C)C. The number of hydrogen-bond donors (Lipinski definition) is 0. The molecular weight excluding hydrogens is 256 g/mol. The maximum Gasteiger partial charge on any atom is 0.308 e. The van der Waals surface area contributed by atoms with Gasteiger partial charge in [-0.3, -0.25) is 4.79 Å². The fourth-order valence-corrected chi connectivity index (χ4v) is 2.24. The van der Waals surface area contributed by atoms with E-state index in [-0.39, 0.29) is 11.4 Å². The first kappa shape index (κ1) is 19.4. The molecular formula is C16H32O4. The molecule has 0 aromatic heterocycles. The van der Waals surface area contributed by atoms with E-state index in [1.807, 2.05) is 0 Å². The summed E-state index contributed by atoms with van der Waals surface area (Å²) in [6.07, 6.45) is 3.85. The Kier molecular flexibility index (Phi) is 9.86. The van der Waals surface area contributed by atoms with E-state index in [1.165, 1.54) is 0 Å². The molecule has 0 aromatic carbocycles. The van der Waals surface area contributed by atoms with Gasteiger partial charge in [0.2, 0.25) is 6.29 Å². The summed E-state index contributed by atoms with van der Waals surface area (Å²) in [6, 6.07) is 0. The maximum atomic E-state index is 11.5. The Balaban J connectivity index is 3.77. The van der Waals surface area contributed by atoms with Crippen LogP contribution in [0, 0.1) is 11.3 Å². The summed E-state index contributed by atoms with van der Waals surface area (Å²) >= 11 is 0. The first-order valence-electron chi connectivity index (χ1n) is 7.74. The molecule has 120 valence electrons. The third-order valence-corrected chi connectivity index (χ3v) is 2.90. The molecule has 0 saturated heterocycles. The predicted molar refractivity (Wildman–Crippen MR) is 80.0 cm³/mol. The quantitative estimate of drug-likeness (QED) is 0.185. The predicted octanol–water partition coefficient (Wildman–Crippen LogP) is 4.48. The van der Waals surface area contributed by atoms with Gasteiger partial charge in [0.1, 0.15) is 0 Å². The number of unbranched alkanes of at least 4 members (excludes halogenated alkanes) is 2. The number of carbonyl (C=O) groups excluding carboxylic acids is 1. The highest BCUT2D eigenvalue weighted by molar-refractivity contribution is 5.69. The van der Waals surface area contributed by atoms with Crippen molar-refractivity contribution in [3.63, 3.8) is 0 Å². The highest BCUT2D eigenvalue weighted by Crippen LogP contribution is 2.25. The van der Waals surface area contributed by atoms with Crippen LogP contribution in [0.5, 0.6) is 0 Å². The second-order valence-electron chi connectivity index (χ2n) is 6.64. The molecule has 4 heteroatoms. The largest absolute Gasteiger partial charge is 0.433 e. The zero-order valence-corrected chi connectivity index (χ0v) is 14.0. The number of carbonyl (C=O) groups is 1. The van der Waals surface area contributed by atoms with Gasteiger partial charge in [0, 0.05) is 13.3 Å². The lowest BCUT2D eigenvalue weighted by Crippen LogP contribution is -2.25. The number of rotatable bonds is 11. The zero-order chi connectivity index (χ0) is 15.6. The van der Waals surface area contributed by atoms with Crippen molar-refractivity contribution in [3.05, 3.63) is 0 Å². The van der Waals surface area contributed by atoms with Crippen LogP contribution in [0.2, 0.25) is 0 Å². The number of hydrogen-bond acceptors (Lipinski definition) is 4. The third-order valence-electron chi connectivity index (χ3n) is 2.90. The van der Waals surface area contributed by atoms with E-state index < -0.39 is 6.29 Å². The Bertz CT molecular complexity index is 261. The van der Waals surface area contributed by atoms with Crippen molar-refractivity contribution >= 4 is 5.97 Å². The van der Waals surface area contributed by atoms with Crippen LogP contribution < -0.4 is 0 Å². The summed E-state index contributed by atoms with van der Waals surface area (Å²) < 4.78 is 5.11. The van der Waals surface area contributed by atoms with Crippen LogP contribution in [-0.2, 0) is 19.3 Å². The summed E-state index contributed by atoms with van der Waals surface area (Å²) in [5, 5.41) is 0. The minimum atomic E-state index is -0.654. The Labute approximate surface area is 124 Å². The Morgan fingerprint density at radius 2 is 1.80 bits per heavy atom. The van der Waals surface area contributed by atoms with Gasteiger partial charge in [0.25, 0.3) is 0 Å². The Hall–Kier alpha value is -0.610. The second-order valence-corrected chi connectivity index (χ2v) is 6.64. The van der Waals surface area contributed by atoms with Crippen molar-refractivity contribution in [2.24, 2.45) is 11.3 Å². The molecule has 20 heavy (non-hydrogen) atoms. The van der Waals surface area contributed by atoms with Gasteiger partial charge in [-0.05, 0) is 24.2 Å². The minimum absolute atomic E-state index is 0.0546. The van der Waals surface area contributed by atoms with Crippen molar-refractivity contribution in [2.45, 2.75) is 79.9 Å². The van der Waals surface area contributed by atoms with E-state index in [2.05, 4.69) is 34.6 Å². The van der Waals surface area contributed by atoms with Gasteiger partial charge in [-0.15, -0.1) is 0 Å². The van der Waals surface area contributed by atoms with Gasteiger partial charge in [0.15, 0.2) is 0 Å². The van der Waals surface area contributed by atoms with Gasteiger partial charge < -0.3 is 4.74 Å². The molecule has 0 saturated carbocycles. The smallest absolute Gasteiger partial charge is 0.308 e. The molecule has 1 atom stereocenters. The molecule has 0 bridgehead atoms. The minimum Gasteiger partial charge on any atom is -0.433 e. The van der Waals surface area contributed by atoms with E-state index in [0.717, 1.165) is 25.7 Å². The number of ether oxygens (including phenoxy) is 1. The second kappa shape index (κ2) is 10.2. The van der Waals surface area contributed by atoms with Crippen molar-refractivity contribution in [1.29, 1.82) is 0 Å². The van der Waals surface area contributed by atoms with Crippen LogP contribution in [0.4, 0.5) is 0 Å². The fraction of sp³-hybridized carbons (Fsp3) is 0.938. The van der Waals surface area contributed by atoms with E-state index >= 15 is 0 Å². The van der Waals surface area contributed by atoms with E-state index in [4.69, 9.17) is 14.5 Å². The third kappa shape index (κ3) is 11.2. The lowest BCUT2D eigenvalue weighted by atomic mass is 9.85. The van der Waals surface area contributed by atoms with Crippen molar-refractivity contribution < 1.29 is 19.3 Å².